The molecule has 5 heteroatoms. The second-order valence-electron chi connectivity index (χ2n) is 6.62. The van der Waals surface area contributed by atoms with Crippen molar-refractivity contribution in [2.45, 2.75) is 58.0 Å². The number of rotatable bonds is 3. The van der Waals surface area contributed by atoms with Crippen molar-refractivity contribution in [3.05, 3.63) is 33.3 Å². The summed E-state index contributed by atoms with van der Waals surface area (Å²) in [4.78, 5) is 13.5. The van der Waals surface area contributed by atoms with E-state index in [1.807, 2.05) is 5.51 Å². The van der Waals surface area contributed by atoms with Crippen LogP contribution >= 0.6 is 11.3 Å². The molecule has 0 unspecified atom stereocenters. The van der Waals surface area contributed by atoms with Crippen molar-refractivity contribution >= 4 is 11.3 Å². The molecule has 2 aromatic rings. The Morgan fingerprint density at radius 3 is 2.91 bits per heavy atom. The lowest BCUT2D eigenvalue weighted by molar-refractivity contribution is 0.237. The van der Waals surface area contributed by atoms with Crippen LogP contribution in [0.4, 0.5) is 0 Å². The van der Waals surface area contributed by atoms with Crippen LogP contribution in [0.15, 0.2) is 5.51 Å². The fourth-order valence-corrected chi connectivity index (χ4v) is 4.78. The summed E-state index contributed by atoms with van der Waals surface area (Å²) in [6, 6.07) is 0.483. The van der Waals surface area contributed by atoms with Gasteiger partial charge in [0.2, 0.25) is 0 Å². The SMILES string of the molecule is Cc1ncsc1CN1CCC[C@@H]1c1nc2c(n1C)CCCC2. The van der Waals surface area contributed by atoms with Crippen molar-refractivity contribution in [3.63, 3.8) is 0 Å². The number of aryl methyl sites for hydroxylation is 2. The van der Waals surface area contributed by atoms with Gasteiger partial charge in [-0.15, -0.1) is 11.3 Å². The molecule has 1 aliphatic heterocycles. The van der Waals surface area contributed by atoms with Gasteiger partial charge in [-0.2, -0.15) is 0 Å². The number of imidazole rings is 1. The van der Waals surface area contributed by atoms with E-state index in [2.05, 4.69) is 28.4 Å². The summed E-state index contributed by atoms with van der Waals surface area (Å²) < 4.78 is 2.40. The van der Waals surface area contributed by atoms with Crippen LogP contribution in [0.25, 0.3) is 0 Å². The second-order valence-corrected chi connectivity index (χ2v) is 7.56. The van der Waals surface area contributed by atoms with Gasteiger partial charge in [0.25, 0.3) is 0 Å². The molecule has 0 amide bonds. The van der Waals surface area contributed by atoms with Gasteiger partial charge in [-0.05, 0) is 52.0 Å². The Bertz CT molecular complexity index is 672. The van der Waals surface area contributed by atoms with E-state index < -0.39 is 0 Å². The normalized spacial score (nSPS) is 22.2. The zero-order chi connectivity index (χ0) is 15.1. The highest BCUT2D eigenvalue weighted by Gasteiger charge is 2.31. The van der Waals surface area contributed by atoms with Gasteiger partial charge in [-0.25, -0.2) is 9.97 Å². The molecule has 3 heterocycles. The van der Waals surface area contributed by atoms with Crippen LogP contribution in [0.3, 0.4) is 0 Å². The second kappa shape index (κ2) is 5.78. The molecule has 1 aliphatic carbocycles. The van der Waals surface area contributed by atoms with Gasteiger partial charge in [-0.3, -0.25) is 4.90 Å². The van der Waals surface area contributed by atoms with E-state index in [1.165, 1.54) is 72.9 Å². The van der Waals surface area contributed by atoms with E-state index in [9.17, 15) is 0 Å². The molecule has 4 rings (SSSR count). The van der Waals surface area contributed by atoms with Crippen LogP contribution in [0.2, 0.25) is 0 Å². The number of aromatic nitrogens is 3. The van der Waals surface area contributed by atoms with Crippen LogP contribution < -0.4 is 0 Å². The largest absolute Gasteiger partial charge is 0.334 e. The first-order valence-corrected chi connectivity index (χ1v) is 9.29. The number of fused-ring (bicyclic) bond motifs is 1. The monoisotopic (exact) mass is 316 g/mol. The Balaban J connectivity index is 1.61. The van der Waals surface area contributed by atoms with Crippen molar-refractivity contribution in [1.29, 1.82) is 0 Å². The smallest absolute Gasteiger partial charge is 0.126 e. The van der Waals surface area contributed by atoms with Gasteiger partial charge in [0.1, 0.15) is 5.82 Å². The molecule has 0 spiro atoms. The van der Waals surface area contributed by atoms with Crippen LogP contribution in [-0.2, 0) is 26.4 Å². The summed E-state index contributed by atoms with van der Waals surface area (Å²) in [6.07, 6.45) is 7.52. The van der Waals surface area contributed by atoms with Crippen LogP contribution in [0.5, 0.6) is 0 Å². The lowest BCUT2D eigenvalue weighted by Crippen LogP contribution is -2.25. The summed E-state index contributed by atoms with van der Waals surface area (Å²) in [5, 5.41) is 0. The molecule has 1 saturated heterocycles. The van der Waals surface area contributed by atoms with Crippen LogP contribution in [0, 0.1) is 6.92 Å². The van der Waals surface area contributed by atoms with Crippen LogP contribution in [-0.4, -0.2) is 26.0 Å². The lowest BCUT2D eigenvalue weighted by Gasteiger charge is -2.24. The average molecular weight is 316 g/mol. The predicted molar refractivity (Wildman–Crippen MR) is 89.1 cm³/mol. The highest BCUT2D eigenvalue weighted by molar-refractivity contribution is 7.09. The topological polar surface area (TPSA) is 34.0 Å². The summed E-state index contributed by atoms with van der Waals surface area (Å²) >= 11 is 1.79. The molecule has 1 fully saturated rings. The van der Waals surface area contributed by atoms with Gasteiger partial charge in [-0.1, -0.05) is 0 Å². The summed E-state index contributed by atoms with van der Waals surface area (Å²) in [5.74, 6) is 1.30. The summed E-state index contributed by atoms with van der Waals surface area (Å²) in [6.45, 7) is 4.33. The Labute approximate surface area is 136 Å². The molecule has 0 bridgehead atoms. The van der Waals surface area contributed by atoms with Crippen molar-refractivity contribution in [3.8, 4) is 0 Å². The zero-order valence-electron chi connectivity index (χ0n) is 13.5. The number of likely N-dealkylation sites (tertiary alicyclic amines) is 1. The quantitative estimate of drug-likeness (QED) is 0.870. The zero-order valence-corrected chi connectivity index (χ0v) is 14.3. The number of hydrogen-bond acceptors (Lipinski definition) is 4. The fraction of sp³-hybridized carbons (Fsp3) is 0.647. The van der Waals surface area contributed by atoms with Gasteiger partial charge < -0.3 is 4.57 Å². The lowest BCUT2D eigenvalue weighted by atomic mass is 10.0. The highest BCUT2D eigenvalue weighted by atomic mass is 32.1. The maximum Gasteiger partial charge on any atom is 0.126 e. The third kappa shape index (κ3) is 2.40. The third-order valence-electron chi connectivity index (χ3n) is 5.26. The van der Waals surface area contributed by atoms with Gasteiger partial charge in [0, 0.05) is 24.2 Å². The number of thiazole rings is 1. The van der Waals surface area contributed by atoms with Gasteiger partial charge in [0.05, 0.1) is 22.9 Å². The minimum Gasteiger partial charge on any atom is -0.334 e. The fourth-order valence-electron chi connectivity index (χ4n) is 3.98. The van der Waals surface area contributed by atoms with E-state index in [0.29, 0.717) is 6.04 Å². The number of hydrogen-bond donors (Lipinski definition) is 0. The van der Waals surface area contributed by atoms with Gasteiger partial charge in [0.15, 0.2) is 0 Å². The van der Waals surface area contributed by atoms with E-state index >= 15 is 0 Å². The average Bonchev–Trinajstić information content (AvgIpc) is 3.21. The molecule has 22 heavy (non-hydrogen) atoms. The third-order valence-corrected chi connectivity index (χ3v) is 6.18. The molecule has 0 radical (unpaired) electrons. The Hall–Kier alpha value is -1.20. The van der Waals surface area contributed by atoms with Crippen molar-refractivity contribution < 1.29 is 0 Å². The first-order chi connectivity index (χ1) is 10.7. The standard InChI is InChI=1S/C17H24N4S/c1-12-16(22-11-18-12)10-21-9-5-8-15(21)17-19-13-6-3-4-7-14(13)20(17)2/h11,15H,3-10H2,1-2H3/t15-/m1/s1. The van der Waals surface area contributed by atoms with Crippen molar-refractivity contribution in [1.82, 2.24) is 19.4 Å². The molecule has 0 N–H and O–H groups in total. The van der Waals surface area contributed by atoms with E-state index in [0.717, 1.165) is 6.54 Å². The first kappa shape index (κ1) is 14.4. The Kier molecular flexibility index (Phi) is 3.78. The molecule has 0 aromatic carbocycles. The summed E-state index contributed by atoms with van der Waals surface area (Å²) in [5.41, 5.74) is 6.01. The van der Waals surface area contributed by atoms with E-state index in [4.69, 9.17) is 4.98 Å². The molecule has 1 atom stereocenters. The molecule has 2 aromatic heterocycles. The predicted octanol–water partition coefficient (Wildman–Crippen LogP) is 3.40. The molecule has 4 nitrogen and oxygen atoms in total. The summed E-state index contributed by atoms with van der Waals surface area (Å²) in [7, 11) is 2.22. The van der Waals surface area contributed by atoms with Crippen molar-refractivity contribution in [2.24, 2.45) is 7.05 Å². The molecule has 0 saturated carbocycles. The number of nitrogens with zero attached hydrogens (tertiary/aromatic N) is 4. The highest BCUT2D eigenvalue weighted by Crippen LogP contribution is 2.35. The van der Waals surface area contributed by atoms with Gasteiger partial charge >= 0.3 is 0 Å². The Morgan fingerprint density at radius 1 is 1.27 bits per heavy atom. The van der Waals surface area contributed by atoms with Crippen molar-refractivity contribution in [2.75, 3.05) is 6.54 Å². The van der Waals surface area contributed by atoms with Crippen LogP contribution in [0.1, 0.15) is 59.5 Å². The first-order valence-electron chi connectivity index (χ1n) is 8.41. The molecular formula is C17H24N4S. The molecule has 2 aliphatic rings. The van der Waals surface area contributed by atoms with E-state index in [-0.39, 0.29) is 0 Å². The molecular weight excluding hydrogens is 292 g/mol. The Morgan fingerprint density at radius 2 is 2.14 bits per heavy atom. The minimum absolute atomic E-state index is 0.483. The van der Waals surface area contributed by atoms with E-state index in [1.54, 1.807) is 11.3 Å². The maximum absolute atomic E-state index is 5.04. The molecule has 118 valence electrons. The minimum atomic E-state index is 0.483. The maximum atomic E-state index is 5.04.